The second kappa shape index (κ2) is 10.5. The zero-order valence-corrected chi connectivity index (χ0v) is 21.5. The second-order valence-electron chi connectivity index (χ2n) is 9.89. The molecule has 0 aliphatic carbocycles. The van der Waals surface area contributed by atoms with E-state index in [0.29, 0.717) is 11.9 Å². The van der Waals surface area contributed by atoms with Gasteiger partial charge in [0.05, 0.1) is 22.6 Å². The van der Waals surface area contributed by atoms with Crippen molar-refractivity contribution in [3.05, 3.63) is 89.1 Å². The van der Waals surface area contributed by atoms with Crippen molar-refractivity contribution in [3.8, 4) is 11.6 Å². The quantitative estimate of drug-likeness (QED) is 0.302. The van der Waals surface area contributed by atoms with Gasteiger partial charge in [-0.2, -0.15) is 13.2 Å². The number of rotatable bonds is 7. The SMILES string of the molecule is CC(C)(O)CNc1cc(C(F)(F)F)cnc1-c1nnc(N[C@H]2N=C(c3ccccc3)c3ccccc3CC2=O)o1. The molecule has 40 heavy (non-hydrogen) atoms. The maximum absolute atomic E-state index is 13.3. The van der Waals surface area contributed by atoms with Crippen LogP contribution in [0.4, 0.5) is 24.9 Å². The predicted octanol–water partition coefficient (Wildman–Crippen LogP) is 4.73. The number of carbonyl (C=O) groups excluding carboxylic acids is 1. The summed E-state index contributed by atoms with van der Waals surface area (Å²) in [5, 5.41) is 23.6. The number of benzene rings is 2. The third kappa shape index (κ3) is 6.01. The molecule has 206 valence electrons. The van der Waals surface area contributed by atoms with Crippen molar-refractivity contribution in [3.63, 3.8) is 0 Å². The van der Waals surface area contributed by atoms with Crippen molar-refractivity contribution >= 4 is 23.2 Å². The number of alkyl halides is 3. The molecule has 2 aromatic carbocycles. The van der Waals surface area contributed by atoms with Crippen molar-refractivity contribution in [1.29, 1.82) is 0 Å². The Balaban J connectivity index is 1.47. The highest BCUT2D eigenvalue weighted by atomic mass is 19.4. The lowest BCUT2D eigenvalue weighted by Crippen LogP contribution is -2.29. The molecule has 3 N–H and O–H groups in total. The summed E-state index contributed by atoms with van der Waals surface area (Å²) < 4.78 is 45.7. The van der Waals surface area contributed by atoms with Gasteiger partial charge in [-0.15, -0.1) is 5.10 Å². The first kappa shape index (κ1) is 27.0. The molecule has 9 nitrogen and oxygen atoms in total. The highest BCUT2D eigenvalue weighted by Gasteiger charge is 2.33. The van der Waals surface area contributed by atoms with Crippen LogP contribution in [0.25, 0.3) is 11.6 Å². The van der Waals surface area contributed by atoms with Crippen LogP contribution in [-0.4, -0.2) is 50.1 Å². The molecule has 0 fully saturated rings. The van der Waals surface area contributed by atoms with Crippen LogP contribution in [0.5, 0.6) is 0 Å². The molecule has 12 heteroatoms. The van der Waals surface area contributed by atoms with Gasteiger partial charge in [-0.25, -0.2) is 4.98 Å². The number of Topliss-reactive ketones (excluding diaryl/α,β-unsaturated/α-hetero) is 1. The molecule has 0 saturated carbocycles. The first-order chi connectivity index (χ1) is 19.0. The zero-order valence-electron chi connectivity index (χ0n) is 21.5. The van der Waals surface area contributed by atoms with E-state index in [1.807, 2.05) is 54.6 Å². The third-order valence-corrected chi connectivity index (χ3v) is 6.06. The fourth-order valence-electron chi connectivity index (χ4n) is 4.13. The van der Waals surface area contributed by atoms with Gasteiger partial charge in [0.2, 0.25) is 0 Å². The van der Waals surface area contributed by atoms with E-state index in [4.69, 9.17) is 9.41 Å². The third-order valence-electron chi connectivity index (χ3n) is 6.06. The van der Waals surface area contributed by atoms with Crippen molar-refractivity contribution in [2.45, 2.75) is 38.2 Å². The van der Waals surface area contributed by atoms with Crippen LogP contribution in [-0.2, 0) is 17.4 Å². The molecule has 0 saturated heterocycles. The average molecular weight is 551 g/mol. The summed E-state index contributed by atoms with van der Waals surface area (Å²) >= 11 is 0. The molecule has 5 rings (SSSR count). The van der Waals surface area contributed by atoms with Crippen molar-refractivity contribution in [1.82, 2.24) is 15.2 Å². The summed E-state index contributed by atoms with van der Waals surface area (Å²) in [4.78, 5) is 21.8. The first-order valence-corrected chi connectivity index (χ1v) is 12.4. The molecular formula is C28H25F3N6O3. The van der Waals surface area contributed by atoms with Crippen LogP contribution >= 0.6 is 0 Å². The smallest absolute Gasteiger partial charge is 0.402 e. The Morgan fingerprint density at radius 1 is 1.05 bits per heavy atom. The van der Waals surface area contributed by atoms with Gasteiger partial charge in [-0.1, -0.05) is 59.7 Å². The Kier molecular flexibility index (Phi) is 7.11. The van der Waals surface area contributed by atoms with Gasteiger partial charge in [-0.05, 0) is 25.5 Å². The van der Waals surface area contributed by atoms with Crippen molar-refractivity contribution in [2.24, 2.45) is 4.99 Å². The number of nitrogens with zero attached hydrogens (tertiary/aromatic N) is 4. The van der Waals surface area contributed by atoms with E-state index in [9.17, 15) is 23.1 Å². The summed E-state index contributed by atoms with van der Waals surface area (Å²) in [7, 11) is 0. The molecule has 2 aromatic heterocycles. The highest BCUT2D eigenvalue weighted by molar-refractivity contribution is 6.16. The van der Waals surface area contributed by atoms with Gasteiger partial charge in [-0.3, -0.25) is 9.79 Å². The summed E-state index contributed by atoms with van der Waals surface area (Å²) in [5.74, 6) is -0.426. The minimum Gasteiger partial charge on any atom is -0.402 e. The molecule has 0 bridgehead atoms. The molecule has 3 heterocycles. The van der Waals surface area contributed by atoms with Gasteiger partial charge >= 0.3 is 12.2 Å². The molecule has 1 aliphatic heterocycles. The summed E-state index contributed by atoms with van der Waals surface area (Å²) in [6.07, 6.45) is -4.93. The number of aliphatic hydroxyl groups is 1. The maximum atomic E-state index is 13.3. The number of nitrogens with one attached hydrogen (secondary N) is 2. The van der Waals surface area contributed by atoms with E-state index in [2.05, 4.69) is 25.8 Å². The van der Waals surface area contributed by atoms with E-state index >= 15 is 0 Å². The number of ketones is 1. The van der Waals surface area contributed by atoms with Gasteiger partial charge in [0.25, 0.3) is 5.89 Å². The fourth-order valence-corrected chi connectivity index (χ4v) is 4.13. The van der Waals surface area contributed by atoms with Crippen LogP contribution < -0.4 is 10.6 Å². The largest absolute Gasteiger partial charge is 0.417 e. The van der Waals surface area contributed by atoms with E-state index in [1.165, 1.54) is 13.8 Å². The van der Waals surface area contributed by atoms with E-state index in [0.717, 1.165) is 22.8 Å². The molecule has 0 amide bonds. The molecule has 0 spiro atoms. The van der Waals surface area contributed by atoms with Crippen molar-refractivity contribution in [2.75, 3.05) is 17.2 Å². The standard InChI is InChI=1S/C28H25F3N6O3/c1-27(2,39)15-33-20-13-18(28(29,30)31)14-32-23(20)25-36-37-26(40-25)35-24-21(38)12-17-10-6-7-11-19(17)22(34-24)16-8-4-3-5-9-16/h3-11,13-14,24,33,39H,12,15H2,1-2H3,(H,35,37)/t24-/m1/s1. The Hall–Kier alpha value is -4.58. The predicted molar refractivity (Wildman–Crippen MR) is 142 cm³/mol. The van der Waals surface area contributed by atoms with Crippen LogP contribution in [0, 0.1) is 0 Å². The van der Waals surface area contributed by atoms with Crippen LogP contribution in [0.3, 0.4) is 0 Å². The van der Waals surface area contributed by atoms with Gasteiger partial charge in [0, 0.05) is 30.3 Å². The average Bonchev–Trinajstić information content (AvgIpc) is 3.32. The zero-order chi connectivity index (χ0) is 28.5. The minimum absolute atomic E-state index is 0.0501. The maximum Gasteiger partial charge on any atom is 0.417 e. The number of fused-ring (bicyclic) bond motifs is 1. The Bertz CT molecular complexity index is 1560. The Morgan fingerprint density at radius 2 is 1.77 bits per heavy atom. The molecule has 1 aliphatic rings. The number of carbonyl (C=O) groups is 1. The Morgan fingerprint density at radius 3 is 2.50 bits per heavy atom. The van der Waals surface area contributed by atoms with Crippen LogP contribution in [0.2, 0.25) is 0 Å². The second-order valence-corrected chi connectivity index (χ2v) is 9.89. The van der Waals surface area contributed by atoms with Gasteiger partial charge < -0.3 is 20.2 Å². The molecule has 0 radical (unpaired) electrons. The number of hydrogen-bond donors (Lipinski definition) is 3. The summed E-state index contributed by atoms with van der Waals surface area (Å²) in [5.41, 5.74) is 0.762. The molecule has 0 unspecified atom stereocenters. The Labute approximate surface area is 227 Å². The lowest BCUT2D eigenvalue weighted by molar-refractivity contribution is -0.137. The number of aliphatic imine (C=N–C) groups is 1. The van der Waals surface area contributed by atoms with E-state index < -0.39 is 23.5 Å². The normalized spacial score (nSPS) is 15.7. The lowest BCUT2D eigenvalue weighted by atomic mass is 9.96. The monoisotopic (exact) mass is 550 g/mol. The van der Waals surface area contributed by atoms with Crippen LogP contribution in [0.1, 0.15) is 36.1 Å². The highest BCUT2D eigenvalue weighted by Crippen LogP contribution is 2.34. The molecule has 1 atom stereocenters. The molecular weight excluding hydrogens is 525 g/mol. The number of pyridine rings is 1. The number of halogens is 3. The number of anilines is 2. The number of aromatic nitrogens is 3. The van der Waals surface area contributed by atoms with Gasteiger partial charge in [0.1, 0.15) is 0 Å². The van der Waals surface area contributed by atoms with Crippen LogP contribution in [0.15, 0.2) is 76.3 Å². The topological polar surface area (TPSA) is 126 Å². The number of hydrogen-bond acceptors (Lipinski definition) is 9. The van der Waals surface area contributed by atoms with Crippen molar-refractivity contribution < 1.29 is 27.5 Å². The fraction of sp³-hybridized carbons (Fsp3) is 0.250. The van der Waals surface area contributed by atoms with E-state index in [1.54, 1.807) is 0 Å². The first-order valence-electron chi connectivity index (χ1n) is 12.4. The van der Waals surface area contributed by atoms with E-state index in [-0.39, 0.29) is 42.0 Å². The van der Waals surface area contributed by atoms with Gasteiger partial charge in [0.15, 0.2) is 17.6 Å². The summed E-state index contributed by atoms with van der Waals surface area (Å²) in [6, 6.07) is 17.6. The molecule has 4 aromatic rings. The minimum atomic E-state index is -4.63. The lowest BCUT2D eigenvalue weighted by Gasteiger charge is -2.20. The summed E-state index contributed by atoms with van der Waals surface area (Å²) in [6.45, 7) is 2.93.